The summed E-state index contributed by atoms with van der Waals surface area (Å²) < 4.78 is 27.9. The van der Waals surface area contributed by atoms with Gasteiger partial charge in [0.1, 0.15) is 5.82 Å². The molecule has 1 aromatic heterocycles. The van der Waals surface area contributed by atoms with Gasteiger partial charge in [0.25, 0.3) is 0 Å². The number of hydrogen-bond donors (Lipinski definition) is 2. The van der Waals surface area contributed by atoms with Crippen molar-refractivity contribution in [1.29, 1.82) is 0 Å². The number of benzene rings is 3. The Hall–Kier alpha value is -3.82. The van der Waals surface area contributed by atoms with Gasteiger partial charge >= 0.3 is 0 Å². The van der Waals surface area contributed by atoms with Gasteiger partial charge in [0, 0.05) is 24.3 Å². The summed E-state index contributed by atoms with van der Waals surface area (Å²) >= 11 is 0. The Morgan fingerprint density at radius 2 is 1.61 bits per heavy atom. The molecule has 0 aliphatic carbocycles. The summed E-state index contributed by atoms with van der Waals surface area (Å²) in [6.45, 7) is 6.44. The molecule has 0 atom stereocenters. The quantitative estimate of drug-likeness (QED) is 0.399. The van der Waals surface area contributed by atoms with Crippen molar-refractivity contribution in [3.63, 3.8) is 0 Å². The second-order valence-corrected chi connectivity index (χ2v) is 12.2. The van der Waals surface area contributed by atoms with Gasteiger partial charge in [-0.15, -0.1) is 0 Å². The number of anilines is 1. The van der Waals surface area contributed by atoms with E-state index < -0.39 is 15.4 Å². The van der Waals surface area contributed by atoms with E-state index in [1.165, 1.54) is 4.31 Å². The van der Waals surface area contributed by atoms with Crippen LogP contribution in [0.15, 0.2) is 65.6 Å². The number of H-pyrrole nitrogens is 1. The summed E-state index contributed by atoms with van der Waals surface area (Å²) in [5.74, 6) is 1.34. The molecule has 9 heteroatoms. The van der Waals surface area contributed by atoms with Crippen LogP contribution in [0, 0.1) is 20.8 Å². The molecule has 1 amide bonds. The normalized spacial score (nSPS) is 17.0. The fourth-order valence-corrected chi connectivity index (χ4v) is 7.05. The van der Waals surface area contributed by atoms with Gasteiger partial charge in [-0.25, -0.2) is 13.4 Å². The first-order valence-electron chi connectivity index (χ1n) is 12.7. The summed E-state index contributed by atoms with van der Waals surface area (Å²) in [6.07, 6.45) is 0.879. The minimum Gasteiger partial charge on any atom is -0.325 e. The SMILES string of the molecule is Cc1ccc(S(=O)(=O)N2CCC3(CC2)C(=O)Nc2cc(-c4cc(-c5n[nH]c(C)n5)ccc4C)ccc23)cc1. The van der Waals surface area contributed by atoms with E-state index >= 15 is 0 Å². The van der Waals surface area contributed by atoms with Crippen LogP contribution in [-0.2, 0) is 20.2 Å². The summed E-state index contributed by atoms with van der Waals surface area (Å²) in [5.41, 5.74) is 6.08. The van der Waals surface area contributed by atoms with Crippen molar-refractivity contribution in [2.75, 3.05) is 18.4 Å². The molecule has 0 unspecified atom stereocenters. The van der Waals surface area contributed by atoms with Gasteiger partial charge in [-0.2, -0.15) is 9.40 Å². The molecule has 194 valence electrons. The summed E-state index contributed by atoms with van der Waals surface area (Å²) in [7, 11) is -3.60. The van der Waals surface area contributed by atoms with Crippen LogP contribution in [0.4, 0.5) is 5.69 Å². The lowest BCUT2D eigenvalue weighted by Gasteiger charge is -2.37. The molecule has 38 heavy (non-hydrogen) atoms. The highest BCUT2D eigenvalue weighted by Gasteiger charge is 2.49. The minimum atomic E-state index is -3.60. The topological polar surface area (TPSA) is 108 Å². The molecule has 3 aromatic carbocycles. The highest BCUT2D eigenvalue weighted by atomic mass is 32.2. The molecule has 3 heterocycles. The molecule has 2 aliphatic rings. The van der Waals surface area contributed by atoms with Crippen molar-refractivity contribution in [2.45, 2.75) is 43.9 Å². The van der Waals surface area contributed by atoms with Gasteiger partial charge in [-0.1, -0.05) is 42.0 Å². The Bertz CT molecular complexity index is 1670. The Morgan fingerprint density at radius 1 is 0.895 bits per heavy atom. The van der Waals surface area contributed by atoms with Crippen molar-refractivity contribution in [3.05, 3.63) is 83.2 Å². The van der Waals surface area contributed by atoms with Crippen LogP contribution in [0.5, 0.6) is 0 Å². The molecule has 0 bridgehead atoms. The molecule has 2 N–H and O–H groups in total. The third-order valence-corrected chi connectivity index (χ3v) is 9.77. The first-order chi connectivity index (χ1) is 18.2. The monoisotopic (exact) mass is 527 g/mol. The first kappa shape index (κ1) is 24.5. The molecule has 1 saturated heterocycles. The number of aromatic amines is 1. The second kappa shape index (κ2) is 8.89. The van der Waals surface area contributed by atoms with Crippen LogP contribution in [0.2, 0.25) is 0 Å². The van der Waals surface area contributed by atoms with Gasteiger partial charge in [-0.05, 0) is 80.1 Å². The number of aryl methyl sites for hydroxylation is 3. The number of aromatic nitrogens is 3. The average molecular weight is 528 g/mol. The number of nitrogens with one attached hydrogen (secondary N) is 2. The van der Waals surface area contributed by atoms with E-state index in [4.69, 9.17) is 0 Å². The number of hydrogen-bond acceptors (Lipinski definition) is 5. The van der Waals surface area contributed by atoms with Crippen molar-refractivity contribution in [3.8, 4) is 22.5 Å². The van der Waals surface area contributed by atoms with Gasteiger partial charge < -0.3 is 5.32 Å². The second-order valence-electron chi connectivity index (χ2n) is 10.3. The molecule has 2 aliphatic heterocycles. The fourth-order valence-electron chi connectivity index (χ4n) is 5.60. The third kappa shape index (κ3) is 3.93. The lowest BCUT2D eigenvalue weighted by atomic mass is 9.74. The van der Waals surface area contributed by atoms with Gasteiger partial charge in [0.2, 0.25) is 15.9 Å². The fraction of sp³-hybridized carbons (Fsp3) is 0.276. The van der Waals surface area contributed by atoms with E-state index in [9.17, 15) is 13.2 Å². The smallest absolute Gasteiger partial charge is 0.243 e. The predicted octanol–water partition coefficient (Wildman–Crippen LogP) is 4.74. The van der Waals surface area contributed by atoms with E-state index in [0.29, 0.717) is 31.8 Å². The number of carbonyl (C=O) groups is 1. The van der Waals surface area contributed by atoms with Gasteiger partial charge in [0.15, 0.2) is 5.82 Å². The van der Waals surface area contributed by atoms with Crippen LogP contribution in [0.25, 0.3) is 22.5 Å². The number of piperidine rings is 1. The van der Waals surface area contributed by atoms with Gasteiger partial charge in [0.05, 0.1) is 10.3 Å². The van der Waals surface area contributed by atoms with Crippen LogP contribution < -0.4 is 5.32 Å². The lowest BCUT2D eigenvalue weighted by Crippen LogP contribution is -2.48. The number of rotatable bonds is 4. The molecule has 6 rings (SSSR count). The maximum absolute atomic E-state index is 13.3. The number of carbonyl (C=O) groups excluding carboxylic acids is 1. The molecular weight excluding hydrogens is 498 g/mol. The summed E-state index contributed by atoms with van der Waals surface area (Å²) in [6, 6.07) is 19.1. The number of sulfonamides is 1. The summed E-state index contributed by atoms with van der Waals surface area (Å²) in [4.78, 5) is 18.1. The lowest BCUT2D eigenvalue weighted by molar-refractivity contribution is -0.122. The zero-order valence-corrected chi connectivity index (χ0v) is 22.4. The van der Waals surface area contributed by atoms with Crippen LogP contribution in [0.1, 0.15) is 35.4 Å². The predicted molar refractivity (Wildman–Crippen MR) is 146 cm³/mol. The van der Waals surface area contributed by atoms with Crippen LogP contribution in [-0.4, -0.2) is 46.9 Å². The van der Waals surface area contributed by atoms with Crippen LogP contribution in [0.3, 0.4) is 0 Å². The molecular formula is C29H29N5O3S. The molecule has 0 saturated carbocycles. The first-order valence-corrected chi connectivity index (χ1v) is 14.1. The average Bonchev–Trinajstić information content (AvgIpc) is 3.45. The maximum atomic E-state index is 13.3. The van der Waals surface area contributed by atoms with Crippen LogP contribution >= 0.6 is 0 Å². The van der Waals surface area contributed by atoms with E-state index in [2.05, 4.69) is 33.5 Å². The molecule has 1 fully saturated rings. The zero-order valence-electron chi connectivity index (χ0n) is 21.6. The van der Waals surface area contributed by atoms with Gasteiger partial charge in [-0.3, -0.25) is 9.89 Å². The zero-order chi connectivity index (χ0) is 26.7. The molecule has 8 nitrogen and oxygen atoms in total. The number of amides is 1. The number of nitrogens with zero attached hydrogens (tertiary/aromatic N) is 3. The summed E-state index contributed by atoms with van der Waals surface area (Å²) in [5, 5.41) is 10.3. The Labute approximate surface area is 222 Å². The Kier molecular flexibility index (Phi) is 5.73. The standard InChI is InChI=1S/C29H29N5O3S/c1-18-4-9-23(10-5-18)38(36,37)34-14-12-29(13-15-34)25-11-8-21(17-26(25)31-28(29)35)24-16-22(7-6-19(24)2)27-30-20(3)32-33-27/h4-11,16-17H,12-15H2,1-3H3,(H,31,35)(H,30,32,33). The highest BCUT2D eigenvalue weighted by molar-refractivity contribution is 7.89. The van der Waals surface area contributed by atoms with E-state index in [-0.39, 0.29) is 10.8 Å². The molecule has 4 aromatic rings. The molecule has 0 radical (unpaired) electrons. The number of fused-ring (bicyclic) bond motifs is 2. The van der Waals surface area contributed by atoms with E-state index in [1.807, 2.05) is 44.2 Å². The minimum absolute atomic E-state index is 0.0568. The van der Waals surface area contributed by atoms with E-state index in [1.54, 1.807) is 24.3 Å². The largest absolute Gasteiger partial charge is 0.325 e. The van der Waals surface area contributed by atoms with Crippen molar-refractivity contribution >= 4 is 21.6 Å². The van der Waals surface area contributed by atoms with E-state index in [0.717, 1.165) is 44.9 Å². The molecule has 1 spiro atoms. The highest BCUT2D eigenvalue weighted by Crippen LogP contribution is 2.47. The maximum Gasteiger partial charge on any atom is 0.243 e. The van der Waals surface area contributed by atoms with Crippen molar-refractivity contribution in [2.24, 2.45) is 0 Å². The van der Waals surface area contributed by atoms with Crippen molar-refractivity contribution < 1.29 is 13.2 Å². The Balaban J connectivity index is 1.28. The Morgan fingerprint density at radius 3 is 2.29 bits per heavy atom. The third-order valence-electron chi connectivity index (χ3n) is 7.86. The van der Waals surface area contributed by atoms with Crippen molar-refractivity contribution in [1.82, 2.24) is 19.5 Å².